The summed E-state index contributed by atoms with van der Waals surface area (Å²) >= 11 is 0. The predicted molar refractivity (Wildman–Crippen MR) is 55.7 cm³/mol. The number of carbonyl (C=O) groups excluding carboxylic acids is 2. The van der Waals surface area contributed by atoms with Crippen molar-refractivity contribution in [3.63, 3.8) is 0 Å². The van der Waals surface area contributed by atoms with Gasteiger partial charge in [-0.05, 0) is 12.8 Å². The van der Waals surface area contributed by atoms with Gasteiger partial charge in [-0.1, -0.05) is 6.92 Å². The van der Waals surface area contributed by atoms with Crippen molar-refractivity contribution in [2.75, 3.05) is 13.1 Å². The summed E-state index contributed by atoms with van der Waals surface area (Å²) in [5.41, 5.74) is 0. The Labute approximate surface area is 93.6 Å². The van der Waals surface area contributed by atoms with Gasteiger partial charge in [-0.3, -0.25) is 14.4 Å². The first-order valence-electron chi connectivity index (χ1n) is 5.34. The number of aliphatic carboxylic acids is 1. The van der Waals surface area contributed by atoms with Crippen LogP contribution in [0.15, 0.2) is 0 Å². The standard InChI is InChI=1S/C10H16N2O4/c1-2-5-12(6-9(14)15)10(16)7-3-4-8(13)11-7/h7H,2-6H2,1H3,(H,11,13)(H,14,15). The molecule has 1 aliphatic rings. The van der Waals surface area contributed by atoms with Gasteiger partial charge in [-0.15, -0.1) is 0 Å². The van der Waals surface area contributed by atoms with Gasteiger partial charge in [0.05, 0.1) is 0 Å². The second-order valence-corrected chi connectivity index (χ2v) is 3.81. The van der Waals surface area contributed by atoms with E-state index in [9.17, 15) is 14.4 Å². The molecular weight excluding hydrogens is 212 g/mol. The summed E-state index contributed by atoms with van der Waals surface area (Å²) in [6.45, 7) is 1.96. The van der Waals surface area contributed by atoms with Gasteiger partial charge in [0.25, 0.3) is 0 Å². The average molecular weight is 228 g/mol. The Bertz CT molecular complexity index is 303. The highest BCUT2D eigenvalue weighted by atomic mass is 16.4. The summed E-state index contributed by atoms with van der Waals surface area (Å²) in [6.07, 6.45) is 1.49. The van der Waals surface area contributed by atoms with E-state index in [1.807, 2.05) is 6.92 Å². The molecular formula is C10H16N2O4. The summed E-state index contributed by atoms with van der Waals surface area (Å²) < 4.78 is 0. The minimum Gasteiger partial charge on any atom is -0.480 e. The topological polar surface area (TPSA) is 86.7 Å². The minimum atomic E-state index is -1.04. The molecule has 1 heterocycles. The van der Waals surface area contributed by atoms with Crippen molar-refractivity contribution in [3.05, 3.63) is 0 Å². The number of hydrogen-bond acceptors (Lipinski definition) is 3. The van der Waals surface area contributed by atoms with Gasteiger partial charge in [-0.25, -0.2) is 0 Å². The number of carbonyl (C=O) groups is 3. The van der Waals surface area contributed by atoms with Gasteiger partial charge in [0.1, 0.15) is 12.6 Å². The van der Waals surface area contributed by atoms with Crippen molar-refractivity contribution in [1.82, 2.24) is 10.2 Å². The summed E-state index contributed by atoms with van der Waals surface area (Å²) in [5, 5.41) is 11.2. The van der Waals surface area contributed by atoms with Gasteiger partial charge in [0.15, 0.2) is 0 Å². The van der Waals surface area contributed by atoms with Crippen LogP contribution in [-0.4, -0.2) is 46.9 Å². The van der Waals surface area contributed by atoms with Crippen molar-refractivity contribution in [1.29, 1.82) is 0 Å². The zero-order chi connectivity index (χ0) is 12.1. The van der Waals surface area contributed by atoms with Crippen LogP contribution in [0.5, 0.6) is 0 Å². The van der Waals surface area contributed by atoms with E-state index in [0.29, 0.717) is 25.8 Å². The number of amides is 2. The summed E-state index contributed by atoms with van der Waals surface area (Å²) in [5.74, 6) is -1.48. The smallest absolute Gasteiger partial charge is 0.323 e. The molecule has 1 unspecified atom stereocenters. The van der Waals surface area contributed by atoms with Crippen molar-refractivity contribution in [2.45, 2.75) is 32.2 Å². The molecule has 0 aromatic heterocycles. The van der Waals surface area contributed by atoms with Crippen LogP contribution >= 0.6 is 0 Å². The fourth-order valence-corrected chi connectivity index (χ4v) is 1.72. The SMILES string of the molecule is CCCN(CC(=O)O)C(=O)C1CCC(=O)N1. The largest absolute Gasteiger partial charge is 0.480 e. The number of nitrogens with zero attached hydrogens (tertiary/aromatic N) is 1. The Balaban J connectivity index is 2.59. The van der Waals surface area contributed by atoms with E-state index in [4.69, 9.17) is 5.11 Å². The quantitative estimate of drug-likeness (QED) is 0.669. The van der Waals surface area contributed by atoms with Crippen LogP contribution in [-0.2, 0) is 14.4 Å². The maximum Gasteiger partial charge on any atom is 0.323 e. The molecule has 1 atom stereocenters. The fourth-order valence-electron chi connectivity index (χ4n) is 1.72. The van der Waals surface area contributed by atoms with Crippen LogP contribution in [0.3, 0.4) is 0 Å². The van der Waals surface area contributed by atoms with Crippen LogP contribution in [0.25, 0.3) is 0 Å². The van der Waals surface area contributed by atoms with Crippen molar-refractivity contribution in [2.24, 2.45) is 0 Å². The molecule has 2 N–H and O–H groups in total. The lowest BCUT2D eigenvalue weighted by Gasteiger charge is -2.23. The molecule has 1 fully saturated rings. The number of carboxylic acids is 1. The highest BCUT2D eigenvalue weighted by molar-refractivity contribution is 5.92. The molecule has 0 aromatic rings. The fraction of sp³-hybridized carbons (Fsp3) is 0.700. The van der Waals surface area contributed by atoms with E-state index >= 15 is 0 Å². The van der Waals surface area contributed by atoms with E-state index in [1.54, 1.807) is 0 Å². The molecule has 0 aromatic carbocycles. The summed E-state index contributed by atoms with van der Waals surface area (Å²) in [6, 6.07) is -0.543. The Morgan fingerprint density at radius 2 is 2.25 bits per heavy atom. The van der Waals surface area contributed by atoms with Gasteiger partial charge in [0, 0.05) is 13.0 Å². The molecule has 16 heavy (non-hydrogen) atoms. The Morgan fingerprint density at radius 1 is 1.56 bits per heavy atom. The monoisotopic (exact) mass is 228 g/mol. The van der Waals surface area contributed by atoms with E-state index in [0.717, 1.165) is 0 Å². The number of carboxylic acid groups (broad SMARTS) is 1. The van der Waals surface area contributed by atoms with Crippen LogP contribution < -0.4 is 5.32 Å². The third-order valence-corrected chi connectivity index (χ3v) is 2.42. The molecule has 0 bridgehead atoms. The first-order valence-corrected chi connectivity index (χ1v) is 5.34. The second-order valence-electron chi connectivity index (χ2n) is 3.81. The van der Waals surface area contributed by atoms with Gasteiger partial charge >= 0.3 is 5.97 Å². The lowest BCUT2D eigenvalue weighted by Crippen LogP contribution is -2.46. The maximum absolute atomic E-state index is 11.9. The lowest BCUT2D eigenvalue weighted by atomic mass is 10.2. The van der Waals surface area contributed by atoms with Gasteiger partial charge in [0.2, 0.25) is 11.8 Å². The zero-order valence-corrected chi connectivity index (χ0v) is 9.23. The molecule has 6 nitrogen and oxygen atoms in total. The summed E-state index contributed by atoms with van der Waals surface area (Å²) in [4.78, 5) is 34.7. The number of nitrogens with one attached hydrogen (secondary N) is 1. The molecule has 90 valence electrons. The highest BCUT2D eigenvalue weighted by Crippen LogP contribution is 2.10. The molecule has 0 radical (unpaired) electrons. The van der Waals surface area contributed by atoms with E-state index in [1.165, 1.54) is 4.90 Å². The van der Waals surface area contributed by atoms with Crippen molar-refractivity contribution >= 4 is 17.8 Å². The van der Waals surface area contributed by atoms with Crippen molar-refractivity contribution in [3.8, 4) is 0 Å². The molecule has 0 aliphatic carbocycles. The zero-order valence-electron chi connectivity index (χ0n) is 9.23. The normalized spacial score (nSPS) is 19.3. The predicted octanol–water partition coefficient (Wildman–Crippen LogP) is -0.412. The summed E-state index contributed by atoms with van der Waals surface area (Å²) in [7, 11) is 0. The Morgan fingerprint density at radius 3 is 2.69 bits per heavy atom. The first-order chi connectivity index (χ1) is 7.54. The molecule has 1 rings (SSSR count). The Hall–Kier alpha value is -1.59. The van der Waals surface area contributed by atoms with E-state index in [-0.39, 0.29) is 18.4 Å². The maximum atomic E-state index is 11.9. The van der Waals surface area contributed by atoms with Gasteiger partial charge < -0.3 is 15.3 Å². The third-order valence-electron chi connectivity index (χ3n) is 2.42. The second kappa shape index (κ2) is 5.48. The molecule has 2 amide bonds. The van der Waals surface area contributed by atoms with E-state index < -0.39 is 12.0 Å². The van der Waals surface area contributed by atoms with Crippen LogP contribution in [0, 0.1) is 0 Å². The van der Waals surface area contributed by atoms with Crippen molar-refractivity contribution < 1.29 is 19.5 Å². The first kappa shape index (κ1) is 12.5. The van der Waals surface area contributed by atoms with Gasteiger partial charge in [-0.2, -0.15) is 0 Å². The Kier molecular flexibility index (Phi) is 4.28. The number of rotatable bonds is 5. The molecule has 6 heteroatoms. The highest BCUT2D eigenvalue weighted by Gasteiger charge is 2.31. The molecule has 0 spiro atoms. The molecule has 1 saturated heterocycles. The van der Waals surface area contributed by atoms with Crippen LogP contribution in [0.2, 0.25) is 0 Å². The lowest BCUT2D eigenvalue weighted by molar-refractivity contribution is -0.145. The number of hydrogen-bond donors (Lipinski definition) is 2. The molecule has 1 aliphatic heterocycles. The molecule has 0 saturated carbocycles. The minimum absolute atomic E-state index is 0.148. The van der Waals surface area contributed by atoms with Crippen LogP contribution in [0.4, 0.5) is 0 Å². The third kappa shape index (κ3) is 3.22. The average Bonchev–Trinajstić information content (AvgIpc) is 2.62. The van der Waals surface area contributed by atoms with Crippen LogP contribution in [0.1, 0.15) is 26.2 Å². The van der Waals surface area contributed by atoms with E-state index in [2.05, 4.69) is 5.32 Å².